The van der Waals surface area contributed by atoms with Crippen molar-refractivity contribution in [3.63, 3.8) is 0 Å². The molecule has 4 aromatic rings. The van der Waals surface area contributed by atoms with E-state index in [0.29, 0.717) is 34.7 Å². The smallest absolute Gasteiger partial charge is 0.278 e. The molecule has 10 heteroatoms. The Morgan fingerprint density at radius 3 is 1.06 bits per heavy atom. The van der Waals surface area contributed by atoms with Crippen LogP contribution in [0.3, 0.4) is 0 Å². The highest BCUT2D eigenvalue weighted by Gasteiger charge is 2.35. The predicted molar refractivity (Wildman–Crippen MR) is 184 cm³/mol. The number of hydrogen-bond acceptors (Lipinski definition) is 8. The fourth-order valence-electron chi connectivity index (χ4n) is 5.35. The molecule has 0 aromatic heterocycles. The molecule has 0 N–H and O–H groups in total. The number of nitrogens with zero attached hydrogens (tertiary/aromatic N) is 4. The molecule has 0 saturated carbocycles. The Balaban J connectivity index is 1.32. The minimum absolute atomic E-state index is 0.167. The minimum Gasteiger partial charge on any atom is -0.497 e. The molecule has 2 aliphatic heterocycles. The van der Waals surface area contributed by atoms with Gasteiger partial charge in [-0.1, -0.05) is 24.3 Å². The third kappa shape index (κ3) is 6.68. The molecular formula is C38H34N4O6. The monoisotopic (exact) mass is 642 g/mol. The highest BCUT2D eigenvalue weighted by molar-refractivity contribution is 6.21. The van der Waals surface area contributed by atoms with Crippen molar-refractivity contribution in [2.24, 2.45) is 9.98 Å². The Morgan fingerprint density at radius 1 is 0.479 bits per heavy atom. The molecule has 0 saturated heterocycles. The maximum Gasteiger partial charge on any atom is 0.278 e. The van der Waals surface area contributed by atoms with Crippen LogP contribution in [0.15, 0.2) is 118 Å². The van der Waals surface area contributed by atoms with E-state index in [0.717, 1.165) is 22.3 Å². The summed E-state index contributed by atoms with van der Waals surface area (Å²) in [6.07, 6.45) is 3.48. The van der Waals surface area contributed by atoms with Crippen LogP contribution >= 0.6 is 0 Å². The van der Waals surface area contributed by atoms with Crippen molar-refractivity contribution in [3.8, 4) is 23.0 Å². The number of carbonyl (C=O) groups is 2. The Hall–Kier alpha value is -6.16. The first-order chi connectivity index (χ1) is 23.4. The van der Waals surface area contributed by atoms with Gasteiger partial charge in [0.05, 0.1) is 28.4 Å². The summed E-state index contributed by atoms with van der Waals surface area (Å²) in [5.41, 5.74) is 3.63. The number of benzene rings is 4. The molecule has 48 heavy (non-hydrogen) atoms. The fraction of sp³-hybridized carbons (Fsp3) is 0.158. The lowest BCUT2D eigenvalue weighted by molar-refractivity contribution is -0.125. The first kappa shape index (κ1) is 31.8. The molecule has 0 atom stereocenters. The predicted octanol–water partition coefficient (Wildman–Crippen LogP) is 5.68. The van der Waals surface area contributed by atoms with Crippen LogP contribution in [0.1, 0.15) is 22.3 Å². The van der Waals surface area contributed by atoms with Gasteiger partial charge < -0.3 is 18.9 Å². The van der Waals surface area contributed by atoms with E-state index in [4.69, 9.17) is 28.9 Å². The Labute approximate surface area is 278 Å². The van der Waals surface area contributed by atoms with E-state index >= 15 is 0 Å². The number of hydrogen-bond donors (Lipinski definition) is 0. The van der Waals surface area contributed by atoms with Crippen LogP contribution in [0.5, 0.6) is 23.0 Å². The van der Waals surface area contributed by atoms with E-state index in [1.54, 1.807) is 50.4 Å². The number of aliphatic imine (C=N–C) groups is 2. The number of carbonyl (C=O) groups excluding carboxylic acids is 2. The zero-order chi connectivity index (χ0) is 33.6. The lowest BCUT2D eigenvalue weighted by atomic mass is 10.1. The van der Waals surface area contributed by atoms with Crippen molar-refractivity contribution in [3.05, 3.63) is 131 Å². The molecule has 0 bridgehead atoms. The van der Waals surface area contributed by atoms with Gasteiger partial charge in [0.1, 0.15) is 46.1 Å². The molecule has 0 aliphatic carbocycles. The van der Waals surface area contributed by atoms with Crippen molar-refractivity contribution in [2.75, 3.05) is 41.5 Å². The van der Waals surface area contributed by atoms with Crippen LogP contribution in [0.2, 0.25) is 0 Å². The number of amidine groups is 2. The second-order valence-corrected chi connectivity index (χ2v) is 10.8. The second-order valence-electron chi connectivity index (χ2n) is 10.8. The van der Waals surface area contributed by atoms with Crippen LogP contribution in [-0.4, -0.2) is 74.8 Å². The van der Waals surface area contributed by atoms with E-state index in [1.165, 1.54) is 0 Å². The van der Waals surface area contributed by atoms with Crippen molar-refractivity contribution >= 4 is 35.6 Å². The minimum atomic E-state index is -0.278. The Morgan fingerprint density at radius 2 is 0.771 bits per heavy atom. The SMILES string of the molecule is COc1ccc(/C=C2\N=C(c3ccc(OC)cc3)N(CCN3C(=O)/C(=C\c4ccc(OC)cc4)N=C3c3ccc(OC)cc3)C2=O)cc1. The number of amides is 2. The van der Waals surface area contributed by atoms with E-state index in [9.17, 15) is 9.59 Å². The van der Waals surface area contributed by atoms with Gasteiger partial charge in [0.2, 0.25) is 0 Å². The first-order valence-electron chi connectivity index (χ1n) is 15.2. The average Bonchev–Trinajstić information content (AvgIpc) is 3.62. The topological polar surface area (TPSA) is 102 Å². The van der Waals surface area contributed by atoms with Crippen LogP contribution in [0, 0.1) is 0 Å². The molecule has 0 fully saturated rings. The summed E-state index contributed by atoms with van der Waals surface area (Å²) >= 11 is 0. The maximum atomic E-state index is 13.9. The summed E-state index contributed by atoms with van der Waals surface area (Å²) in [5, 5.41) is 0. The zero-order valence-electron chi connectivity index (χ0n) is 27.0. The van der Waals surface area contributed by atoms with Crippen LogP contribution < -0.4 is 18.9 Å². The summed E-state index contributed by atoms with van der Waals surface area (Å²) in [6.45, 7) is 0.334. The van der Waals surface area contributed by atoms with Gasteiger partial charge in [0.15, 0.2) is 0 Å². The van der Waals surface area contributed by atoms with Gasteiger partial charge in [-0.2, -0.15) is 0 Å². The molecule has 242 valence electrons. The molecule has 2 amide bonds. The zero-order valence-corrected chi connectivity index (χ0v) is 27.0. The van der Waals surface area contributed by atoms with E-state index in [-0.39, 0.29) is 36.3 Å². The first-order valence-corrected chi connectivity index (χ1v) is 15.2. The van der Waals surface area contributed by atoms with Gasteiger partial charge in [-0.05, 0) is 96.1 Å². The molecule has 0 unspecified atom stereocenters. The lowest BCUT2D eigenvalue weighted by Gasteiger charge is -2.24. The van der Waals surface area contributed by atoms with Gasteiger partial charge in [-0.3, -0.25) is 19.4 Å². The van der Waals surface area contributed by atoms with Crippen molar-refractivity contribution in [1.29, 1.82) is 0 Å². The number of methoxy groups -OCH3 is 4. The van der Waals surface area contributed by atoms with Gasteiger partial charge in [0, 0.05) is 24.2 Å². The quantitative estimate of drug-likeness (QED) is 0.195. The summed E-state index contributed by atoms with van der Waals surface area (Å²) in [4.78, 5) is 40.6. The van der Waals surface area contributed by atoms with Crippen LogP contribution in [0.25, 0.3) is 12.2 Å². The molecule has 2 heterocycles. The van der Waals surface area contributed by atoms with Crippen molar-refractivity contribution < 1.29 is 28.5 Å². The summed E-state index contributed by atoms with van der Waals surface area (Å²) in [7, 11) is 6.40. The standard InChI is InChI=1S/C38H34N4O6/c1-45-29-13-5-25(6-14-29)23-33-37(43)41(35(39-33)27-9-17-31(47-3)18-10-27)21-22-42-36(28-11-19-32(48-4)20-12-28)40-34(38(42)44)24-26-7-15-30(46-2)16-8-26/h5-20,23-24H,21-22H2,1-4H3/b33-23-,34-24+. The number of rotatable bonds is 11. The average molecular weight is 643 g/mol. The molecule has 10 nitrogen and oxygen atoms in total. The molecule has 4 aromatic carbocycles. The largest absolute Gasteiger partial charge is 0.497 e. The lowest BCUT2D eigenvalue weighted by Crippen LogP contribution is -2.42. The van der Waals surface area contributed by atoms with Gasteiger partial charge >= 0.3 is 0 Å². The third-order valence-corrected chi connectivity index (χ3v) is 7.97. The van der Waals surface area contributed by atoms with E-state index < -0.39 is 0 Å². The van der Waals surface area contributed by atoms with Crippen molar-refractivity contribution in [2.45, 2.75) is 0 Å². The van der Waals surface area contributed by atoms with E-state index in [1.807, 2.05) is 97.1 Å². The van der Waals surface area contributed by atoms with Gasteiger partial charge in [-0.25, -0.2) is 9.98 Å². The molecule has 0 spiro atoms. The number of ether oxygens (including phenoxy) is 4. The van der Waals surface area contributed by atoms with Crippen LogP contribution in [0.4, 0.5) is 0 Å². The Bertz CT molecular complexity index is 1780. The van der Waals surface area contributed by atoms with Crippen LogP contribution in [-0.2, 0) is 9.59 Å². The highest BCUT2D eigenvalue weighted by Crippen LogP contribution is 2.27. The van der Waals surface area contributed by atoms with E-state index in [2.05, 4.69) is 0 Å². The second kappa shape index (κ2) is 14.1. The third-order valence-electron chi connectivity index (χ3n) is 7.97. The molecular weight excluding hydrogens is 608 g/mol. The maximum absolute atomic E-state index is 13.9. The summed E-state index contributed by atoms with van der Waals surface area (Å²) < 4.78 is 21.2. The molecule has 0 radical (unpaired) electrons. The van der Waals surface area contributed by atoms with Gasteiger partial charge in [-0.15, -0.1) is 0 Å². The summed E-state index contributed by atoms with van der Waals surface area (Å²) in [6, 6.07) is 29.5. The molecule has 6 rings (SSSR count). The normalized spacial score (nSPS) is 16.0. The molecule has 2 aliphatic rings. The highest BCUT2D eigenvalue weighted by atomic mass is 16.5. The summed E-state index contributed by atoms with van der Waals surface area (Å²) in [5.74, 6) is 3.19. The van der Waals surface area contributed by atoms with Gasteiger partial charge in [0.25, 0.3) is 11.8 Å². The Kier molecular flexibility index (Phi) is 9.33. The fourth-order valence-corrected chi connectivity index (χ4v) is 5.35. The van der Waals surface area contributed by atoms with Crippen molar-refractivity contribution in [1.82, 2.24) is 9.80 Å².